The van der Waals surface area contributed by atoms with Gasteiger partial charge in [0.05, 0.1) is 11.8 Å². The van der Waals surface area contributed by atoms with Crippen LogP contribution in [0.3, 0.4) is 0 Å². The number of esters is 1. The van der Waals surface area contributed by atoms with Gasteiger partial charge in [-0.25, -0.2) is 0 Å². The normalized spacial score (nSPS) is 11.7. The van der Waals surface area contributed by atoms with E-state index in [4.69, 9.17) is 14.8 Å². The van der Waals surface area contributed by atoms with Crippen molar-refractivity contribution in [1.29, 1.82) is 5.26 Å². The van der Waals surface area contributed by atoms with Gasteiger partial charge in [0, 0.05) is 18.8 Å². The Labute approximate surface area is 157 Å². The van der Waals surface area contributed by atoms with Gasteiger partial charge in [-0.3, -0.25) is 4.79 Å². The van der Waals surface area contributed by atoms with Gasteiger partial charge < -0.3 is 9.57 Å². The molecule has 0 saturated carbocycles. The van der Waals surface area contributed by atoms with Crippen molar-refractivity contribution >= 4 is 11.7 Å². The Morgan fingerprint density at radius 3 is 2.58 bits per heavy atom. The van der Waals surface area contributed by atoms with E-state index >= 15 is 0 Å². The standard InChI is InChI=1S/C21H30N2O3/c1-18(24)25-17-21(2,3)20(14-8-5-9-15-22)23-26-16-10-13-19-11-6-4-7-12-19/h4,6-7,11-12H,5,8-10,13-14,16-17H2,1-3H3/b23-20+. The predicted octanol–water partition coefficient (Wildman–Crippen LogP) is 4.67. The van der Waals surface area contributed by atoms with Gasteiger partial charge in [-0.2, -0.15) is 5.26 Å². The second kappa shape index (κ2) is 12.1. The molecule has 0 unspecified atom stereocenters. The van der Waals surface area contributed by atoms with E-state index < -0.39 is 5.41 Å². The fraction of sp³-hybridized carbons (Fsp3) is 0.571. The van der Waals surface area contributed by atoms with E-state index in [0.29, 0.717) is 13.0 Å². The van der Waals surface area contributed by atoms with E-state index in [1.165, 1.54) is 12.5 Å². The first-order chi connectivity index (χ1) is 12.5. The molecule has 0 aromatic heterocycles. The summed E-state index contributed by atoms with van der Waals surface area (Å²) in [5.74, 6) is -0.300. The summed E-state index contributed by atoms with van der Waals surface area (Å²) in [6, 6.07) is 12.4. The van der Waals surface area contributed by atoms with Gasteiger partial charge >= 0.3 is 5.97 Å². The van der Waals surface area contributed by atoms with Gasteiger partial charge in [-0.1, -0.05) is 49.3 Å². The summed E-state index contributed by atoms with van der Waals surface area (Å²) < 4.78 is 5.17. The van der Waals surface area contributed by atoms with Crippen LogP contribution in [0.15, 0.2) is 35.5 Å². The average Bonchev–Trinajstić information content (AvgIpc) is 2.62. The second-order valence-corrected chi connectivity index (χ2v) is 6.99. The maximum atomic E-state index is 11.1. The molecule has 1 aromatic rings. The minimum atomic E-state index is -0.391. The fourth-order valence-electron chi connectivity index (χ4n) is 2.48. The molecule has 5 heteroatoms. The first kappa shape index (κ1) is 21.7. The molecule has 0 atom stereocenters. The maximum Gasteiger partial charge on any atom is 0.302 e. The molecule has 26 heavy (non-hydrogen) atoms. The van der Waals surface area contributed by atoms with Crippen LogP contribution in [0.4, 0.5) is 0 Å². The lowest BCUT2D eigenvalue weighted by Crippen LogP contribution is -2.31. The van der Waals surface area contributed by atoms with Crippen molar-refractivity contribution in [3.8, 4) is 6.07 Å². The smallest absolute Gasteiger partial charge is 0.302 e. The Bertz CT molecular complexity index is 603. The highest BCUT2D eigenvalue weighted by atomic mass is 16.6. The second-order valence-electron chi connectivity index (χ2n) is 6.99. The summed E-state index contributed by atoms with van der Waals surface area (Å²) in [5.41, 5.74) is 1.76. The molecule has 0 amide bonds. The van der Waals surface area contributed by atoms with E-state index in [1.54, 1.807) is 0 Å². The van der Waals surface area contributed by atoms with E-state index in [-0.39, 0.29) is 12.6 Å². The Balaban J connectivity index is 2.53. The molecule has 0 fully saturated rings. The largest absolute Gasteiger partial charge is 0.465 e. The lowest BCUT2D eigenvalue weighted by molar-refractivity contribution is -0.142. The molecule has 5 nitrogen and oxygen atoms in total. The molecular formula is C21H30N2O3. The number of oxime groups is 1. The molecule has 1 rings (SSSR count). The number of hydrogen-bond donors (Lipinski definition) is 0. The molecule has 0 N–H and O–H groups in total. The van der Waals surface area contributed by atoms with Crippen molar-refractivity contribution in [3.63, 3.8) is 0 Å². The number of carbonyl (C=O) groups is 1. The van der Waals surface area contributed by atoms with E-state index in [0.717, 1.165) is 37.8 Å². The van der Waals surface area contributed by atoms with Crippen molar-refractivity contribution in [2.75, 3.05) is 13.2 Å². The van der Waals surface area contributed by atoms with Gasteiger partial charge in [-0.05, 0) is 37.7 Å². The third-order valence-corrected chi connectivity index (χ3v) is 4.09. The van der Waals surface area contributed by atoms with Crippen molar-refractivity contribution in [2.24, 2.45) is 10.6 Å². The van der Waals surface area contributed by atoms with Crippen molar-refractivity contribution < 1.29 is 14.4 Å². The van der Waals surface area contributed by atoms with E-state index in [2.05, 4.69) is 23.4 Å². The van der Waals surface area contributed by atoms with Gasteiger partial charge in [-0.15, -0.1) is 0 Å². The molecule has 0 heterocycles. The lowest BCUT2D eigenvalue weighted by Gasteiger charge is -2.25. The molecule has 0 radical (unpaired) electrons. The van der Waals surface area contributed by atoms with Crippen LogP contribution in [0.1, 0.15) is 58.4 Å². The van der Waals surface area contributed by atoms with Crippen LogP contribution in [0.25, 0.3) is 0 Å². The minimum Gasteiger partial charge on any atom is -0.465 e. The number of carbonyl (C=O) groups excluding carboxylic acids is 1. The zero-order valence-corrected chi connectivity index (χ0v) is 16.2. The van der Waals surface area contributed by atoms with Gasteiger partial charge in [0.25, 0.3) is 0 Å². The Hall–Kier alpha value is -2.35. The van der Waals surface area contributed by atoms with Crippen LogP contribution < -0.4 is 0 Å². The number of hydrogen-bond acceptors (Lipinski definition) is 5. The van der Waals surface area contributed by atoms with E-state index in [1.807, 2.05) is 32.0 Å². The molecule has 142 valence electrons. The van der Waals surface area contributed by atoms with Crippen molar-refractivity contribution in [2.45, 2.75) is 59.3 Å². The Kier molecular flexibility index (Phi) is 10.1. The highest BCUT2D eigenvalue weighted by Gasteiger charge is 2.27. The van der Waals surface area contributed by atoms with Crippen LogP contribution >= 0.6 is 0 Å². The third-order valence-electron chi connectivity index (χ3n) is 4.09. The molecule has 1 aromatic carbocycles. The Morgan fingerprint density at radius 1 is 1.19 bits per heavy atom. The average molecular weight is 358 g/mol. The first-order valence-electron chi connectivity index (χ1n) is 9.19. The summed E-state index contributed by atoms with van der Waals surface area (Å²) in [6.07, 6.45) is 4.80. The lowest BCUT2D eigenvalue weighted by atomic mass is 9.85. The molecule has 0 bridgehead atoms. The summed E-state index contributed by atoms with van der Waals surface area (Å²) in [5, 5.41) is 13.0. The third kappa shape index (κ3) is 9.22. The fourth-order valence-corrected chi connectivity index (χ4v) is 2.48. The van der Waals surface area contributed by atoms with Gasteiger partial charge in [0.15, 0.2) is 0 Å². The van der Waals surface area contributed by atoms with Crippen LogP contribution in [0.5, 0.6) is 0 Å². The summed E-state index contributed by atoms with van der Waals surface area (Å²) in [4.78, 5) is 16.7. The summed E-state index contributed by atoms with van der Waals surface area (Å²) in [6.45, 7) is 6.20. The summed E-state index contributed by atoms with van der Waals surface area (Å²) >= 11 is 0. The van der Waals surface area contributed by atoms with Gasteiger partial charge in [0.2, 0.25) is 0 Å². The van der Waals surface area contributed by atoms with Gasteiger partial charge in [0.1, 0.15) is 13.2 Å². The molecular weight excluding hydrogens is 328 g/mol. The zero-order valence-electron chi connectivity index (χ0n) is 16.2. The molecule has 0 aliphatic rings. The first-order valence-corrected chi connectivity index (χ1v) is 9.19. The number of nitriles is 1. The monoisotopic (exact) mass is 358 g/mol. The molecule has 0 saturated heterocycles. The number of rotatable bonds is 12. The number of ether oxygens (including phenoxy) is 1. The highest BCUT2D eigenvalue weighted by molar-refractivity contribution is 5.89. The topological polar surface area (TPSA) is 71.7 Å². The van der Waals surface area contributed by atoms with Crippen molar-refractivity contribution in [3.05, 3.63) is 35.9 Å². The predicted molar refractivity (Wildman–Crippen MR) is 103 cm³/mol. The van der Waals surface area contributed by atoms with E-state index in [9.17, 15) is 4.79 Å². The van der Waals surface area contributed by atoms with Crippen molar-refractivity contribution in [1.82, 2.24) is 0 Å². The molecule has 0 aliphatic heterocycles. The SMILES string of the molecule is CC(=O)OCC(C)(C)/C(CCCCC#N)=N/OCCCc1ccccc1. The Morgan fingerprint density at radius 2 is 1.92 bits per heavy atom. The number of unbranched alkanes of at least 4 members (excludes halogenated alkanes) is 2. The highest BCUT2D eigenvalue weighted by Crippen LogP contribution is 2.23. The maximum absolute atomic E-state index is 11.1. The number of nitrogens with zero attached hydrogens (tertiary/aromatic N) is 2. The molecule has 0 spiro atoms. The zero-order chi connectivity index (χ0) is 19.3. The molecule has 0 aliphatic carbocycles. The van der Waals surface area contributed by atoms with Crippen LogP contribution in [0, 0.1) is 16.7 Å². The van der Waals surface area contributed by atoms with Crippen LogP contribution in [0.2, 0.25) is 0 Å². The quantitative estimate of drug-likeness (QED) is 0.236. The number of aryl methyl sites for hydroxylation is 1. The van der Waals surface area contributed by atoms with Crippen LogP contribution in [-0.4, -0.2) is 24.9 Å². The minimum absolute atomic E-state index is 0.271. The number of benzene rings is 1. The summed E-state index contributed by atoms with van der Waals surface area (Å²) in [7, 11) is 0. The van der Waals surface area contributed by atoms with Crippen LogP contribution in [-0.2, 0) is 20.8 Å².